The van der Waals surface area contributed by atoms with Gasteiger partial charge in [0.05, 0.1) is 18.9 Å². The van der Waals surface area contributed by atoms with Crippen LogP contribution < -0.4 is 11.1 Å². The van der Waals surface area contributed by atoms with Crippen LogP contribution >= 0.6 is 0 Å². The summed E-state index contributed by atoms with van der Waals surface area (Å²) in [6.45, 7) is 1.49. The summed E-state index contributed by atoms with van der Waals surface area (Å²) < 4.78 is 5.29. The molecule has 0 amide bonds. The molecule has 4 nitrogen and oxygen atoms in total. The van der Waals surface area contributed by atoms with Crippen molar-refractivity contribution in [3.05, 3.63) is 23.8 Å². The van der Waals surface area contributed by atoms with Gasteiger partial charge in [0, 0.05) is 19.2 Å². The van der Waals surface area contributed by atoms with E-state index in [1.165, 1.54) is 0 Å². The van der Waals surface area contributed by atoms with Gasteiger partial charge in [0.25, 0.3) is 0 Å². The molecular formula is C10H16N2O2. The third-order valence-electron chi connectivity index (χ3n) is 1.90. The molecule has 0 radical (unpaired) electrons. The van der Waals surface area contributed by atoms with Gasteiger partial charge in [-0.25, -0.2) is 0 Å². The van der Waals surface area contributed by atoms with Crippen molar-refractivity contribution in [2.24, 2.45) is 5.73 Å². The van der Waals surface area contributed by atoms with E-state index in [2.05, 4.69) is 5.32 Å². The molecule has 1 rings (SSSR count). The highest BCUT2D eigenvalue weighted by Crippen LogP contribution is 2.26. The second kappa shape index (κ2) is 5.47. The van der Waals surface area contributed by atoms with Crippen molar-refractivity contribution in [3.63, 3.8) is 0 Å². The van der Waals surface area contributed by atoms with E-state index in [0.29, 0.717) is 25.4 Å². The molecule has 0 spiro atoms. The number of aromatic hydroxyl groups is 1. The Morgan fingerprint density at radius 2 is 2.29 bits per heavy atom. The van der Waals surface area contributed by atoms with Crippen LogP contribution in [0.4, 0.5) is 5.69 Å². The minimum Gasteiger partial charge on any atom is -0.506 e. The van der Waals surface area contributed by atoms with Gasteiger partial charge in [-0.1, -0.05) is 12.1 Å². The van der Waals surface area contributed by atoms with Gasteiger partial charge >= 0.3 is 0 Å². The number of nitrogens with two attached hydrogens (primary N) is 1. The lowest BCUT2D eigenvalue weighted by Gasteiger charge is -2.10. The second-order valence-electron chi connectivity index (χ2n) is 2.90. The first-order valence-corrected chi connectivity index (χ1v) is 4.56. The largest absolute Gasteiger partial charge is 0.506 e. The predicted octanol–water partition coefficient (Wildman–Crippen LogP) is 0.909. The van der Waals surface area contributed by atoms with Crippen molar-refractivity contribution in [1.29, 1.82) is 0 Å². The van der Waals surface area contributed by atoms with Gasteiger partial charge in [0.1, 0.15) is 5.75 Å². The lowest BCUT2D eigenvalue weighted by Crippen LogP contribution is -2.08. The molecule has 1 aromatic carbocycles. The maximum absolute atomic E-state index is 9.51. The molecule has 0 atom stereocenters. The molecule has 4 heteroatoms. The normalized spacial score (nSPS) is 10.1. The van der Waals surface area contributed by atoms with Crippen LogP contribution in [0.2, 0.25) is 0 Å². The third kappa shape index (κ3) is 2.61. The van der Waals surface area contributed by atoms with Crippen LogP contribution in [0.25, 0.3) is 0 Å². The van der Waals surface area contributed by atoms with Gasteiger partial charge in [-0.05, 0) is 6.07 Å². The lowest BCUT2D eigenvalue weighted by atomic mass is 10.1. The topological polar surface area (TPSA) is 67.5 Å². The van der Waals surface area contributed by atoms with Gasteiger partial charge in [0.2, 0.25) is 0 Å². The van der Waals surface area contributed by atoms with Crippen LogP contribution in [0.3, 0.4) is 0 Å². The van der Waals surface area contributed by atoms with Crippen LogP contribution in [0.5, 0.6) is 5.75 Å². The van der Waals surface area contributed by atoms with E-state index in [9.17, 15) is 5.11 Å². The van der Waals surface area contributed by atoms with E-state index in [0.717, 1.165) is 5.56 Å². The number of anilines is 1. The Hall–Kier alpha value is -1.26. The number of hydrogen-bond acceptors (Lipinski definition) is 4. The highest BCUT2D eigenvalue weighted by Gasteiger charge is 2.04. The monoisotopic (exact) mass is 196 g/mol. The van der Waals surface area contributed by atoms with Crippen molar-refractivity contribution >= 4 is 5.69 Å². The predicted molar refractivity (Wildman–Crippen MR) is 56.4 cm³/mol. The van der Waals surface area contributed by atoms with E-state index in [4.69, 9.17) is 10.5 Å². The number of phenolic OH excluding ortho intramolecular Hbond substituents is 1. The summed E-state index contributed by atoms with van der Waals surface area (Å²) in [6, 6.07) is 5.33. The van der Waals surface area contributed by atoms with Crippen molar-refractivity contribution in [1.82, 2.24) is 0 Å². The minimum absolute atomic E-state index is 0.237. The Kier molecular flexibility index (Phi) is 4.22. The number of rotatable bonds is 5. The van der Waals surface area contributed by atoms with Crippen molar-refractivity contribution < 1.29 is 9.84 Å². The van der Waals surface area contributed by atoms with Crippen LogP contribution in [-0.4, -0.2) is 25.3 Å². The van der Waals surface area contributed by atoms with Gasteiger partial charge in [-0.3, -0.25) is 0 Å². The van der Waals surface area contributed by atoms with E-state index in [1.54, 1.807) is 19.2 Å². The number of nitrogens with one attached hydrogen (secondary N) is 1. The molecule has 0 aliphatic heterocycles. The van der Waals surface area contributed by atoms with E-state index >= 15 is 0 Å². The first-order chi connectivity index (χ1) is 6.79. The molecule has 0 aliphatic carbocycles. The zero-order chi connectivity index (χ0) is 10.4. The molecule has 0 saturated heterocycles. The number of ether oxygens (including phenoxy) is 1. The molecule has 0 aromatic heterocycles. The lowest BCUT2D eigenvalue weighted by molar-refractivity contribution is 0.128. The van der Waals surface area contributed by atoms with Crippen LogP contribution in [0, 0.1) is 0 Å². The fourth-order valence-corrected chi connectivity index (χ4v) is 1.26. The molecule has 1 aromatic rings. The molecule has 0 fully saturated rings. The maximum Gasteiger partial charge on any atom is 0.139 e. The highest BCUT2D eigenvalue weighted by atomic mass is 16.5. The molecule has 0 saturated carbocycles. The first kappa shape index (κ1) is 10.8. The average molecular weight is 196 g/mol. The maximum atomic E-state index is 9.51. The van der Waals surface area contributed by atoms with Crippen LogP contribution in [-0.2, 0) is 11.3 Å². The molecule has 0 aliphatic rings. The fraction of sp³-hybridized carbons (Fsp3) is 0.400. The van der Waals surface area contributed by atoms with Gasteiger partial charge in [0.15, 0.2) is 0 Å². The molecule has 14 heavy (non-hydrogen) atoms. The van der Waals surface area contributed by atoms with Crippen molar-refractivity contribution in [3.8, 4) is 5.75 Å². The fourth-order valence-electron chi connectivity index (χ4n) is 1.26. The van der Waals surface area contributed by atoms with E-state index in [-0.39, 0.29) is 5.75 Å². The van der Waals surface area contributed by atoms with Crippen LogP contribution in [0.15, 0.2) is 18.2 Å². The summed E-state index contributed by atoms with van der Waals surface area (Å²) in [7, 11) is 1.77. The Morgan fingerprint density at radius 1 is 1.50 bits per heavy atom. The summed E-state index contributed by atoms with van der Waals surface area (Å²) >= 11 is 0. The molecule has 78 valence electrons. The summed E-state index contributed by atoms with van der Waals surface area (Å²) in [4.78, 5) is 0. The Bertz CT molecular complexity index is 289. The zero-order valence-corrected chi connectivity index (χ0v) is 8.29. The summed E-state index contributed by atoms with van der Waals surface area (Å²) in [5, 5.41) is 12.4. The standard InChI is InChI=1S/C10H16N2O2/c1-12-10-8(7-14-6-5-11)3-2-4-9(10)13/h2-4,12-13H,5-7,11H2,1H3. The van der Waals surface area contributed by atoms with Crippen LogP contribution in [0.1, 0.15) is 5.56 Å². The number of phenols is 1. The summed E-state index contributed by atoms with van der Waals surface area (Å²) in [5.41, 5.74) is 6.95. The smallest absolute Gasteiger partial charge is 0.139 e. The molecule has 4 N–H and O–H groups in total. The van der Waals surface area contributed by atoms with Crippen molar-refractivity contribution in [2.45, 2.75) is 6.61 Å². The van der Waals surface area contributed by atoms with Crippen molar-refractivity contribution in [2.75, 3.05) is 25.5 Å². The number of para-hydroxylation sites is 1. The highest BCUT2D eigenvalue weighted by molar-refractivity contribution is 5.60. The Labute approximate surface area is 83.7 Å². The zero-order valence-electron chi connectivity index (χ0n) is 8.29. The summed E-state index contributed by atoms with van der Waals surface area (Å²) in [5.74, 6) is 0.237. The van der Waals surface area contributed by atoms with E-state index in [1.807, 2.05) is 6.07 Å². The summed E-state index contributed by atoms with van der Waals surface area (Å²) in [6.07, 6.45) is 0. The Balaban J connectivity index is 2.70. The third-order valence-corrected chi connectivity index (χ3v) is 1.90. The molecular weight excluding hydrogens is 180 g/mol. The van der Waals surface area contributed by atoms with Gasteiger partial charge in [-0.2, -0.15) is 0 Å². The Morgan fingerprint density at radius 3 is 2.93 bits per heavy atom. The quantitative estimate of drug-likeness (QED) is 0.483. The number of benzene rings is 1. The minimum atomic E-state index is 0.237. The molecule has 0 heterocycles. The van der Waals surface area contributed by atoms with Gasteiger partial charge in [-0.15, -0.1) is 0 Å². The average Bonchev–Trinajstić information content (AvgIpc) is 2.18. The SMILES string of the molecule is CNc1c(O)cccc1COCCN. The number of hydrogen-bond donors (Lipinski definition) is 3. The molecule has 0 bridgehead atoms. The van der Waals surface area contributed by atoms with Gasteiger partial charge < -0.3 is 20.9 Å². The second-order valence-corrected chi connectivity index (χ2v) is 2.90. The molecule has 0 unspecified atom stereocenters. The first-order valence-electron chi connectivity index (χ1n) is 4.56. The van der Waals surface area contributed by atoms with E-state index < -0.39 is 0 Å².